The summed E-state index contributed by atoms with van der Waals surface area (Å²) in [5.41, 5.74) is 3.60. The summed E-state index contributed by atoms with van der Waals surface area (Å²) in [4.78, 5) is 26.8. The lowest BCUT2D eigenvalue weighted by Gasteiger charge is -2.44. The Balaban J connectivity index is 1.95. The first-order valence-electron chi connectivity index (χ1n) is 10.7. The molecule has 162 valence electrons. The van der Waals surface area contributed by atoms with Gasteiger partial charge in [-0.05, 0) is 41.9 Å². The number of rotatable bonds is 3. The van der Waals surface area contributed by atoms with Crippen molar-refractivity contribution in [1.82, 2.24) is 5.32 Å². The molecule has 5 heteroatoms. The van der Waals surface area contributed by atoms with Crippen LogP contribution in [-0.2, 0) is 9.59 Å². The third-order valence-electron chi connectivity index (χ3n) is 6.31. The average molecular weight is 438 g/mol. The van der Waals surface area contributed by atoms with Crippen LogP contribution in [0.15, 0.2) is 40.7 Å². The average Bonchev–Trinajstić information content (AvgIpc) is 2.63. The minimum atomic E-state index is -0.495. The number of benzene rings is 1. The Labute approximate surface area is 189 Å². The van der Waals surface area contributed by atoms with E-state index >= 15 is 0 Å². The normalized spacial score (nSPS) is 22.5. The lowest BCUT2D eigenvalue weighted by molar-refractivity contribution is -0.119. The number of ketones is 2. The Kier molecular flexibility index (Phi) is 5.30. The van der Waals surface area contributed by atoms with Gasteiger partial charge in [0.05, 0.1) is 0 Å². The minimum Gasteiger partial charge on any atom is -0.481 e. The highest BCUT2D eigenvalue weighted by molar-refractivity contribution is 6.30. The SMILES string of the molecule is C#CCOc1ccc(Cl)cc1C1C2=C(CC(C)(C)CC2=O)NC2=C1C(=O)CC(C)(C)C2. The van der Waals surface area contributed by atoms with Crippen molar-refractivity contribution in [3.05, 3.63) is 51.3 Å². The van der Waals surface area contributed by atoms with Gasteiger partial charge in [-0.25, -0.2) is 0 Å². The number of hydrogen-bond acceptors (Lipinski definition) is 4. The second-order valence-corrected chi connectivity index (χ2v) is 10.8. The Bertz CT molecular complexity index is 1030. The van der Waals surface area contributed by atoms with Crippen molar-refractivity contribution < 1.29 is 14.3 Å². The molecule has 0 atom stereocenters. The Hall–Kier alpha value is -2.51. The molecule has 0 fully saturated rings. The number of Topliss-reactive ketones (excluding diaryl/α,β-unsaturated/α-hetero) is 2. The summed E-state index contributed by atoms with van der Waals surface area (Å²) in [6.07, 6.45) is 7.78. The second-order valence-electron chi connectivity index (χ2n) is 10.4. The van der Waals surface area contributed by atoms with Crippen molar-refractivity contribution >= 4 is 23.2 Å². The molecule has 0 radical (unpaired) electrons. The molecular formula is C26H28ClNO3. The van der Waals surface area contributed by atoms with E-state index in [2.05, 4.69) is 38.9 Å². The summed E-state index contributed by atoms with van der Waals surface area (Å²) >= 11 is 6.37. The van der Waals surface area contributed by atoms with Gasteiger partial charge in [0.1, 0.15) is 12.4 Å². The van der Waals surface area contributed by atoms with Gasteiger partial charge in [-0.2, -0.15) is 0 Å². The van der Waals surface area contributed by atoms with E-state index in [1.807, 2.05) is 0 Å². The molecule has 1 aliphatic heterocycles. The van der Waals surface area contributed by atoms with E-state index in [4.69, 9.17) is 22.8 Å². The van der Waals surface area contributed by atoms with Crippen molar-refractivity contribution in [3.63, 3.8) is 0 Å². The van der Waals surface area contributed by atoms with E-state index in [1.165, 1.54) is 0 Å². The lowest BCUT2D eigenvalue weighted by atomic mass is 9.64. The topological polar surface area (TPSA) is 55.4 Å². The molecule has 0 spiro atoms. The van der Waals surface area contributed by atoms with Gasteiger partial charge >= 0.3 is 0 Å². The molecule has 1 heterocycles. The van der Waals surface area contributed by atoms with Gasteiger partial charge in [0, 0.05) is 51.9 Å². The van der Waals surface area contributed by atoms with E-state index in [-0.39, 0.29) is 29.0 Å². The van der Waals surface area contributed by atoms with E-state index < -0.39 is 5.92 Å². The highest BCUT2D eigenvalue weighted by Gasteiger charge is 2.47. The molecule has 31 heavy (non-hydrogen) atoms. The van der Waals surface area contributed by atoms with Crippen molar-refractivity contribution in [2.75, 3.05) is 6.61 Å². The van der Waals surface area contributed by atoms with E-state index in [1.54, 1.807) is 18.2 Å². The number of terminal acetylenes is 1. The molecule has 0 amide bonds. The highest BCUT2D eigenvalue weighted by Crippen LogP contribution is 2.52. The Morgan fingerprint density at radius 1 is 1.03 bits per heavy atom. The number of allylic oxidation sites excluding steroid dienone is 4. The van der Waals surface area contributed by atoms with Gasteiger partial charge in [0.2, 0.25) is 0 Å². The number of nitrogens with one attached hydrogen (secondary N) is 1. The van der Waals surface area contributed by atoms with Gasteiger partial charge in [0.15, 0.2) is 11.6 Å². The molecule has 0 aromatic heterocycles. The summed E-state index contributed by atoms with van der Waals surface area (Å²) in [5, 5.41) is 4.04. The van der Waals surface area contributed by atoms with Crippen LogP contribution in [0.3, 0.4) is 0 Å². The van der Waals surface area contributed by atoms with Crippen LogP contribution in [0.1, 0.15) is 64.9 Å². The first-order valence-corrected chi connectivity index (χ1v) is 11.0. The zero-order valence-corrected chi connectivity index (χ0v) is 19.3. The van der Waals surface area contributed by atoms with Crippen LogP contribution >= 0.6 is 11.6 Å². The van der Waals surface area contributed by atoms with Crippen LogP contribution in [0, 0.1) is 23.2 Å². The van der Waals surface area contributed by atoms with Crippen LogP contribution in [0.4, 0.5) is 0 Å². The fraction of sp³-hybridized carbons (Fsp3) is 0.462. The van der Waals surface area contributed by atoms with Crippen LogP contribution in [0.5, 0.6) is 5.75 Å². The first kappa shape index (κ1) is 21.7. The van der Waals surface area contributed by atoms with E-state index in [0.717, 1.165) is 29.8 Å². The van der Waals surface area contributed by atoms with E-state index in [0.29, 0.717) is 34.8 Å². The van der Waals surface area contributed by atoms with Gasteiger partial charge in [-0.1, -0.05) is 45.2 Å². The summed E-state index contributed by atoms with van der Waals surface area (Å²) in [6, 6.07) is 5.31. The van der Waals surface area contributed by atoms with Crippen LogP contribution in [0.25, 0.3) is 0 Å². The lowest BCUT2D eigenvalue weighted by Crippen LogP contribution is -2.42. The molecule has 0 bridgehead atoms. The number of carbonyl (C=O) groups excluding carboxylic acids is 2. The zero-order chi connectivity index (χ0) is 22.6. The molecule has 0 saturated carbocycles. The van der Waals surface area contributed by atoms with Crippen LogP contribution in [-0.4, -0.2) is 18.2 Å². The standard InChI is InChI=1S/C26H28ClNO3/c1-6-9-31-21-8-7-15(27)10-16(21)22-23-17(11-25(2,3)13-19(23)29)28-18-12-26(4,5)14-20(30)24(18)22/h1,7-8,10,22,28H,9,11-14H2,2-5H3. The molecular weight excluding hydrogens is 410 g/mol. The van der Waals surface area contributed by atoms with Crippen molar-refractivity contribution in [3.8, 4) is 18.1 Å². The molecule has 4 nitrogen and oxygen atoms in total. The van der Waals surface area contributed by atoms with Crippen LogP contribution in [0.2, 0.25) is 5.02 Å². The number of ether oxygens (including phenoxy) is 1. The summed E-state index contributed by atoms with van der Waals surface area (Å²) in [5.74, 6) is 2.68. The van der Waals surface area contributed by atoms with Crippen LogP contribution < -0.4 is 10.1 Å². The Morgan fingerprint density at radius 3 is 2.10 bits per heavy atom. The third kappa shape index (κ3) is 4.04. The highest BCUT2D eigenvalue weighted by atomic mass is 35.5. The summed E-state index contributed by atoms with van der Waals surface area (Å²) in [6.45, 7) is 8.51. The predicted octanol–water partition coefficient (Wildman–Crippen LogP) is 5.33. The molecule has 1 aromatic carbocycles. The van der Waals surface area contributed by atoms with Gasteiger partial charge in [-0.15, -0.1) is 6.42 Å². The largest absolute Gasteiger partial charge is 0.481 e. The fourth-order valence-corrected chi connectivity index (χ4v) is 5.38. The second kappa shape index (κ2) is 7.57. The Morgan fingerprint density at radius 2 is 1.58 bits per heavy atom. The molecule has 1 N–H and O–H groups in total. The monoisotopic (exact) mass is 437 g/mol. The number of halogens is 1. The van der Waals surface area contributed by atoms with Crippen molar-refractivity contribution in [2.24, 2.45) is 10.8 Å². The number of dihydropyridines is 1. The van der Waals surface area contributed by atoms with Gasteiger partial charge in [0.25, 0.3) is 0 Å². The summed E-state index contributed by atoms with van der Waals surface area (Å²) < 4.78 is 5.82. The minimum absolute atomic E-state index is 0.0656. The number of carbonyl (C=O) groups is 2. The molecule has 4 rings (SSSR count). The smallest absolute Gasteiger partial charge is 0.162 e. The molecule has 2 aliphatic carbocycles. The molecule has 1 aromatic rings. The predicted molar refractivity (Wildman–Crippen MR) is 122 cm³/mol. The molecule has 3 aliphatic rings. The fourth-order valence-electron chi connectivity index (χ4n) is 5.20. The summed E-state index contributed by atoms with van der Waals surface area (Å²) in [7, 11) is 0. The zero-order valence-electron chi connectivity index (χ0n) is 18.5. The third-order valence-corrected chi connectivity index (χ3v) is 6.55. The maximum atomic E-state index is 13.4. The van der Waals surface area contributed by atoms with Crippen molar-refractivity contribution in [2.45, 2.75) is 59.3 Å². The quantitative estimate of drug-likeness (QED) is 0.650. The van der Waals surface area contributed by atoms with E-state index in [9.17, 15) is 9.59 Å². The molecule has 0 saturated heterocycles. The first-order chi connectivity index (χ1) is 14.5. The van der Waals surface area contributed by atoms with Gasteiger partial charge in [-0.3, -0.25) is 9.59 Å². The maximum absolute atomic E-state index is 13.4. The van der Waals surface area contributed by atoms with Gasteiger partial charge < -0.3 is 10.1 Å². The molecule has 0 unspecified atom stereocenters. The van der Waals surface area contributed by atoms with Crippen molar-refractivity contribution in [1.29, 1.82) is 0 Å². The maximum Gasteiger partial charge on any atom is 0.162 e. The number of hydrogen-bond donors (Lipinski definition) is 1.